The van der Waals surface area contributed by atoms with E-state index in [2.05, 4.69) is 40.2 Å². The molecule has 3 fully saturated rings. The van der Waals surface area contributed by atoms with Gasteiger partial charge in [-0.05, 0) is 66.8 Å². The molecule has 2 aliphatic carbocycles. The monoisotopic (exact) mass is 409 g/mol. The Bertz CT molecular complexity index is 910. The average molecular weight is 410 g/mol. The van der Waals surface area contributed by atoms with Gasteiger partial charge >= 0.3 is 0 Å². The van der Waals surface area contributed by atoms with E-state index in [9.17, 15) is 9.59 Å². The molecular weight excluding hydrogens is 390 g/mol. The summed E-state index contributed by atoms with van der Waals surface area (Å²) in [4.78, 5) is 27.9. The Balaban J connectivity index is 1.51. The number of fused-ring (bicyclic) bond motifs is 5. The zero-order chi connectivity index (χ0) is 18.0. The number of aryl methyl sites for hydroxylation is 1. The summed E-state index contributed by atoms with van der Waals surface area (Å²) >= 11 is 3.46. The Labute approximate surface area is 161 Å². The van der Waals surface area contributed by atoms with E-state index in [-0.39, 0.29) is 23.7 Å². The van der Waals surface area contributed by atoms with Crippen LogP contribution in [0, 0.1) is 30.6 Å². The number of hydrogen-bond acceptors (Lipinski definition) is 2. The first-order chi connectivity index (χ1) is 12.6. The van der Waals surface area contributed by atoms with Crippen LogP contribution in [-0.2, 0) is 9.59 Å². The summed E-state index contributed by atoms with van der Waals surface area (Å²) in [6, 6.07) is 16.2. The Kier molecular flexibility index (Phi) is 3.61. The van der Waals surface area contributed by atoms with Crippen LogP contribution in [0.3, 0.4) is 0 Å². The second-order valence-electron chi connectivity index (χ2n) is 7.91. The molecule has 2 aromatic carbocycles. The summed E-state index contributed by atoms with van der Waals surface area (Å²) in [6.07, 6.45) is 2.04. The number of hydrogen-bond donors (Lipinski definition) is 0. The van der Waals surface area contributed by atoms with E-state index in [1.54, 1.807) is 0 Å². The van der Waals surface area contributed by atoms with Crippen molar-refractivity contribution < 1.29 is 9.59 Å². The minimum Gasteiger partial charge on any atom is -0.274 e. The fourth-order valence-electron chi connectivity index (χ4n) is 5.65. The normalized spacial score (nSPS) is 32.4. The highest BCUT2D eigenvalue weighted by atomic mass is 79.9. The van der Waals surface area contributed by atoms with Gasteiger partial charge in [0.05, 0.1) is 17.5 Å². The highest BCUT2D eigenvalue weighted by Crippen LogP contribution is 2.62. The van der Waals surface area contributed by atoms with Crippen molar-refractivity contribution in [3.63, 3.8) is 0 Å². The van der Waals surface area contributed by atoms with Gasteiger partial charge in [0.25, 0.3) is 0 Å². The van der Waals surface area contributed by atoms with Gasteiger partial charge in [0.1, 0.15) is 0 Å². The third kappa shape index (κ3) is 2.18. The number of nitrogens with zero attached hydrogens (tertiary/aromatic N) is 1. The molecule has 132 valence electrons. The van der Waals surface area contributed by atoms with Gasteiger partial charge < -0.3 is 0 Å². The number of carbonyl (C=O) groups excluding carboxylic acids is 2. The number of halogens is 1. The zero-order valence-corrected chi connectivity index (χ0v) is 16.1. The van der Waals surface area contributed by atoms with Gasteiger partial charge in [0.15, 0.2) is 0 Å². The summed E-state index contributed by atoms with van der Waals surface area (Å²) in [5, 5.41) is 0. The Morgan fingerprint density at radius 1 is 0.962 bits per heavy atom. The maximum atomic E-state index is 13.3. The van der Waals surface area contributed by atoms with Crippen molar-refractivity contribution in [1.29, 1.82) is 0 Å². The fraction of sp³-hybridized carbons (Fsp3) is 0.364. The highest BCUT2D eigenvalue weighted by Gasteiger charge is 2.64. The molecule has 3 nitrogen and oxygen atoms in total. The first-order valence-electron chi connectivity index (χ1n) is 9.25. The molecule has 1 saturated heterocycles. The first-order valence-corrected chi connectivity index (χ1v) is 10.0. The maximum absolute atomic E-state index is 13.3. The van der Waals surface area contributed by atoms with Crippen LogP contribution in [0.25, 0.3) is 0 Å². The van der Waals surface area contributed by atoms with Gasteiger partial charge in [-0.15, -0.1) is 0 Å². The molecule has 0 N–H and O–H groups in total. The SMILES string of the molecule is Cc1cc(Br)ccc1N1C(=O)[C@@H]2[C@@H]3C[C@@H]([C@@H]2C1=O)[C@H](c1ccccc1)C3. The molecule has 5 rings (SSSR count). The number of anilines is 1. The summed E-state index contributed by atoms with van der Waals surface area (Å²) in [5.74, 6) is 0.815. The van der Waals surface area contributed by atoms with Gasteiger partial charge in [-0.2, -0.15) is 0 Å². The van der Waals surface area contributed by atoms with E-state index in [1.165, 1.54) is 10.5 Å². The van der Waals surface area contributed by atoms with Gasteiger partial charge in [0.2, 0.25) is 11.8 Å². The quantitative estimate of drug-likeness (QED) is 0.674. The molecule has 3 aliphatic rings. The standard InChI is InChI=1S/C22H20BrNO2/c1-12-9-15(23)7-8-18(12)24-21(25)19-14-10-16(13-5-3-2-4-6-13)17(11-14)20(19)22(24)26/h2-9,14,16-17,19-20H,10-11H2,1H3/t14-,16-,17+,19+,20-/m0/s1. The molecule has 0 spiro atoms. The third-order valence-electron chi connectivity index (χ3n) is 6.64. The van der Waals surface area contributed by atoms with Gasteiger partial charge in [-0.25, -0.2) is 4.90 Å². The van der Waals surface area contributed by atoms with Crippen LogP contribution < -0.4 is 4.90 Å². The molecule has 2 bridgehead atoms. The Morgan fingerprint density at radius 2 is 1.69 bits per heavy atom. The predicted octanol–water partition coefficient (Wildman–Crippen LogP) is 4.69. The van der Waals surface area contributed by atoms with E-state index >= 15 is 0 Å². The predicted molar refractivity (Wildman–Crippen MR) is 104 cm³/mol. The second kappa shape index (κ2) is 5.78. The second-order valence-corrected chi connectivity index (χ2v) is 8.82. The molecule has 0 aromatic heterocycles. The lowest BCUT2D eigenvalue weighted by atomic mass is 9.73. The topological polar surface area (TPSA) is 37.4 Å². The van der Waals surface area contributed by atoms with Crippen LogP contribution in [0.4, 0.5) is 5.69 Å². The van der Waals surface area contributed by atoms with Gasteiger partial charge in [0, 0.05) is 4.47 Å². The van der Waals surface area contributed by atoms with Crippen molar-refractivity contribution in [3.8, 4) is 0 Å². The van der Waals surface area contributed by atoms with E-state index in [0.717, 1.165) is 28.6 Å². The van der Waals surface area contributed by atoms with Crippen molar-refractivity contribution in [1.82, 2.24) is 0 Å². The maximum Gasteiger partial charge on any atom is 0.238 e. The molecular formula is C22H20BrNO2. The van der Waals surface area contributed by atoms with Gasteiger partial charge in [-0.1, -0.05) is 46.3 Å². The first kappa shape index (κ1) is 16.2. The smallest absolute Gasteiger partial charge is 0.238 e. The molecule has 0 unspecified atom stereocenters. The van der Waals surface area contributed by atoms with Crippen LogP contribution in [0.2, 0.25) is 0 Å². The van der Waals surface area contributed by atoms with Crippen LogP contribution in [0.1, 0.15) is 29.9 Å². The number of carbonyl (C=O) groups is 2. The summed E-state index contributed by atoms with van der Waals surface area (Å²) in [5.41, 5.74) is 3.01. The molecule has 0 radical (unpaired) electrons. The molecule has 4 heteroatoms. The molecule has 5 atom stereocenters. The lowest BCUT2D eigenvalue weighted by molar-refractivity contribution is -0.123. The molecule has 2 saturated carbocycles. The van der Waals surface area contributed by atoms with E-state index in [0.29, 0.717) is 17.8 Å². The van der Waals surface area contributed by atoms with E-state index in [4.69, 9.17) is 0 Å². The van der Waals surface area contributed by atoms with Crippen LogP contribution in [0.15, 0.2) is 53.0 Å². The van der Waals surface area contributed by atoms with Crippen molar-refractivity contribution in [2.75, 3.05) is 4.90 Å². The van der Waals surface area contributed by atoms with Crippen molar-refractivity contribution in [3.05, 3.63) is 64.1 Å². The number of imide groups is 1. The number of amides is 2. The molecule has 26 heavy (non-hydrogen) atoms. The van der Waals surface area contributed by atoms with Crippen LogP contribution >= 0.6 is 15.9 Å². The number of benzene rings is 2. The third-order valence-corrected chi connectivity index (χ3v) is 7.14. The lowest BCUT2D eigenvalue weighted by Gasteiger charge is -2.28. The summed E-state index contributed by atoms with van der Waals surface area (Å²) in [6.45, 7) is 1.95. The Hall–Kier alpha value is -1.94. The van der Waals surface area contributed by atoms with Crippen LogP contribution in [-0.4, -0.2) is 11.8 Å². The van der Waals surface area contributed by atoms with Crippen molar-refractivity contribution >= 4 is 33.4 Å². The van der Waals surface area contributed by atoms with E-state index in [1.807, 2.05) is 31.2 Å². The average Bonchev–Trinajstić information content (AvgIpc) is 3.29. The molecule has 2 aromatic rings. The fourth-order valence-corrected chi connectivity index (χ4v) is 6.13. The summed E-state index contributed by atoms with van der Waals surface area (Å²) in [7, 11) is 0. The van der Waals surface area contributed by atoms with Gasteiger partial charge in [-0.3, -0.25) is 9.59 Å². The molecule has 2 amide bonds. The van der Waals surface area contributed by atoms with Crippen LogP contribution in [0.5, 0.6) is 0 Å². The van der Waals surface area contributed by atoms with Crippen molar-refractivity contribution in [2.45, 2.75) is 25.7 Å². The van der Waals surface area contributed by atoms with Crippen molar-refractivity contribution in [2.24, 2.45) is 23.7 Å². The minimum absolute atomic E-state index is 0.0125. The van der Waals surface area contributed by atoms with E-state index < -0.39 is 0 Å². The lowest BCUT2D eigenvalue weighted by Crippen LogP contribution is -2.33. The highest BCUT2D eigenvalue weighted by molar-refractivity contribution is 9.10. The molecule has 1 aliphatic heterocycles. The molecule has 1 heterocycles. The minimum atomic E-state index is -0.144. The largest absolute Gasteiger partial charge is 0.274 e. The zero-order valence-electron chi connectivity index (χ0n) is 14.6. The Morgan fingerprint density at radius 3 is 2.42 bits per heavy atom. The number of rotatable bonds is 2. The summed E-state index contributed by atoms with van der Waals surface area (Å²) < 4.78 is 0.960.